The zero-order valence-electron chi connectivity index (χ0n) is 18.8. The number of alkyl halides is 3. The Morgan fingerprint density at radius 1 is 1.21 bits per heavy atom. The summed E-state index contributed by atoms with van der Waals surface area (Å²) in [6, 6.07) is 2.68. The molecule has 1 saturated heterocycles. The lowest BCUT2D eigenvalue weighted by atomic mass is 9.86. The smallest absolute Gasteiger partial charge is 0.381 e. The van der Waals surface area contributed by atoms with Gasteiger partial charge < -0.3 is 15.4 Å². The van der Waals surface area contributed by atoms with Gasteiger partial charge in [-0.25, -0.2) is 4.39 Å². The first-order valence-corrected chi connectivity index (χ1v) is 10.7. The standard InChI is InChI=1S/C22H28F4N4O3/c1-21(2,3)18(20(32)27-12-22(24,25)26)28-19(31)17-15-5-4-14(23)10-16(15)30(29-17)11-13-6-8-33-9-7-13/h4-5,10,13,18H,6-9,11-12H2,1-3H3,(H,27,32)(H,28,31)/t18-/m1/s1. The summed E-state index contributed by atoms with van der Waals surface area (Å²) in [7, 11) is 0. The minimum atomic E-state index is -4.58. The molecule has 2 amide bonds. The van der Waals surface area contributed by atoms with E-state index in [1.54, 1.807) is 25.5 Å². The molecule has 3 rings (SSSR count). The van der Waals surface area contributed by atoms with Crippen molar-refractivity contribution in [1.82, 2.24) is 20.4 Å². The van der Waals surface area contributed by atoms with Gasteiger partial charge in [-0.15, -0.1) is 0 Å². The second-order valence-electron chi connectivity index (χ2n) is 9.35. The number of hydrogen-bond acceptors (Lipinski definition) is 4. The van der Waals surface area contributed by atoms with Gasteiger partial charge in [0, 0.05) is 25.1 Å². The van der Waals surface area contributed by atoms with Gasteiger partial charge in [0.2, 0.25) is 5.91 Å². The summed E-state index contributed by atoms with van der Waals surface area (Å²) in [5.74, 6) is -1.91. The van der Waals surface area contributed by atoms with Crippen molar-refractivity contribution < 1.29 is 31.9 Å². The highest BCUT2D eigenvalue weighted by atomic mass is 19.4. The summed E-state index contributed by atoms with van der Waals surface area (Å²) < 4.78 is 58.5. The van der Waals surface area contributed by atoms with Crippen LogP contribution in [0.4, 0.5) is 17.6 Å². The van der Waals surface area contributed by atoms with Gasteiger partial charge in [-0.1, -0.05) is 20.8 Å². The first-order chi connectivity index (χ1) is 15.3. The monoisotopic (exact) mass is 472 g/mol. The van der Waals surface area contributed by atoms with E-state index in [-0.39, 0.29) is 11.6 Å². The number of nitrogens with one attached hydrogen (secondary N) is 2. The van der Waals surface area contributed by atoms with Crippen LogP contribution in [0.2, 0.25) is 0 Å². The van der Waals surface area contributed by atoms with Crippen molar-refractivity contribution in [3.05, 3.63) is 29.7 Å². The Kier molecular flexibility index (Phi) is 7.30. The molecule has 0 bridgehead atoms. The number of aromatic nitrogens is 2. The average molecular weight is 472 g/mol. The second kappa shape index (κ2) is 9.66. The fourth-order valence-electron chi connectivity index (χ4n) is 3.79. The molecule has 0 aliphatic carbocycles. The molecular formula is C22H28F4N4O3. The van der Waals surface area contributed by atoms with Gasteiger partial charge in [-0.2, -0.15) is 18.3 Å². The molecule has 1 atom stereocenters. The average Bonchev–Trinajstić information content (AvgIpc) is 3.07. The van der Waals surface area contributed by atoms with Crippen LogP contribution >= 0.6 is 0 Å². The number of halogens is 4. The third kappa shape index (κ3) is 6.43. The highest BCUT2D eigenvalue weighted by Gasteiger charge is 2.36. The molecule has 33 heavy (non-hydrogen) atoms. The molecule has 7 nitrogen and oxygen atoms in total. The van der Waals surface area contributed by atoms with Crippen molar-refractivity contribution in [3.8, 4) is 0 Å². The van der Waals surface area contributed by atoms with Crippen molar-refractivity contribution in [2.24, 2.45) is 11.3 Å². The summed E-state index contributed by atoms with van der Waals surface area (Å²) in [6.07, 6.45) is -2.96. The molecule has 1 aliphatic rings. The van der Waals surface area contributed by atoms with Crippen LogP contribution in [-0.4, -0.2) is 53.6 Å². The summed E-state index contributed by atoms with van der Waals surface area (Å²) >= 11 is 0. The maximum atomic E-state index is 14.0. The first kappa shape index (κ1) is 24.9. The maximum absolute atomic E-state index is 14.0. The van der Waals surface area contributed by atoms with E-state index in [9.17, 15) is 27.2 Å². The van der Waals surface area contributed by atoms with Crippen molar-refractivity contribution in [1.29, 1.82) is 0 Å². The fourth-order valence-corrected chi connectivity index (χ4v) is 3.79. The van der Waals surface area contributed by atoms with Crippen LogP contribution in [0.25, 0.3) is 10.9 Å². The van der Waals surface area contributed by atoms with E-state index in [2.05, 4.69) is 10.4 Å². The van der Waals surface area contributed by atoms with E-state index in [1.165, 1.54) is 18.2 Å². The lowest BCUT2D eigenvalue weighted by molar-refractivity contribution is -0.140. The van der Waals surface area contributed by atoms with Gasteiger partial charge in [-0.05, 0) is 42.4 Å². The van der Waals surface area contributed by atoms with Crippen LogP contribution < -0.4 is 10.6 Å². The SMILES string of the molecule is CC(C)(C)[C@H](NC(=O)c1nn(CC2CCOCC2)c2cc(F)ccc12)C(=O)NCC(F)(F)F. The van der Waals surface area contributed by atoms with Crippen molar-refractivity contribution >= 4 is 22.7 Å². The van der Waals surface area contributed by atoms with Gasteiger partial charge in [-0.3, -0.25) is 14.3 Å². The molecule has 2 N–H and O–H groups in total. The number of carbonyl (C=O) groups excluding carboxylic acids is 2. The number of carbonyl (C=O) groups is 2. The van der Waals surface area contributed by atoms with Crippen molar-refractivity contribution in [3.63, 3.8) is 0 Å². The van der Waals surface area contributed by atoms with Crippen LogP contribution in [0.3, 0.4) is 0 Å². The van der Waals surface area contributed by atoms with E-state index in [0.29, 0.717) is 30.7 Å². The van der Waals surface area contributed by atoms with E-state index < -0.39 is 41.8 Å². The minimum Gasteiger partial charge on any atom is -0.381 e. The Labute approximate surface area is 188 Å². The Bertz CT molecular complexity index is 1010. The Morgan fingerprint density at radius 3 is 2.48 bits per heavy atom. The number of hydrogen-bond donors (Lipinski definition) is 2. The van der Waals surface area contributed by atoms with Gasteiger partial charge in [0.1, 0.15) is 18.4 Å². The zero-order chi connectivity index (χ0) is 24.4. The first-order valence-electron chi connectivity index (χ1n) is 10.7. The fraction of sp³-hybridized carbons (Fsp3) is 0.591. The maximum Gasteiger partial charge on any atom is 0.405 e. The van der Waals surface area contributed by atoms with E-state index in [0.717, 1.165) is 12.8 Å². The van der Waals surface area contributed by atoms with Crippen LogP contribution in [-0.2, 0) is 16.1 Å². The van der Waals surface area contributed by atoms with Crippen LogP contribution in [0.1, 0.15) is 44.1 Å². The predicted molar refractivity (Wildman–Crippen MR) is 113 cm³/mol. The minimum absolute atomic E-state index is 0.0186. The van der Waals surface area contributed by atoms with E-state index in [1.807, 2.05) is 5.32 Å². The molecular weight excluding hydrogens is 444 g/mol. The number of ether oxygens (including phenoxy) is 1. The van der Waals surface area contributed by atoms with Crippen LogP contribution in [0.15, 0.2) is 18.2 Å². The normalized spacial score (nSPS) is 16.6. The van der Waals surface area contributed by atoms with Gasteiger partial charge in [0.15, 0.2) is 5.69 Å². The number of fused-ring (bicyclic) bond motifs is 1. The Hall–Kier alpha value is -2.69. The van der Waals surface area contributed by atoms with Gasteiger partial charge in [0.05, 0.1) is 5.52 Å². The molecule has 0 radical (unpaired) electrons. The van der Waals surface area contributed by atoms with E-state index >= 15 is 0 Å². The van der Waals surface area contributed by atoms with Crippen molar-refractivity contribution in [2.75, 3.05) is 19.8 Å². The summed E-state index contributed by atoms with van der Waals surface area (Å²) in [6.45, 7) is 5.08. The lowest BCUT2D eigenvalue weighted by Gasteiger charge is -2.30. The third-order valence-electron chi connectivity index (χ3n) is 5.57. The molecule has 2 heterocycles. The highest BCUT2D eigenvalue weighted by molar-refractivity contribution is 6.06. The quantitative estimate of drug-likeness (QED) is 0.631. The number of rotatable bonds is 6. The molecule has 182 valence electrons. The molecule has 0 unspecified atom stereocenters. The predicted octanol–water partition coefficient (Wildman–Crippen LogP) is 3.43. The number of nitrogens with zero attached hydrogens (tertiary/aromatic N) is 2. The van der Waals surface area contributed by atoms with Crippen LogP contribution in [0, 0.1) is 17.2 Å². The largest absolute Gasteiger partial charge is 0.405 e. The second-order valence-corrected chi connectivity index (χ2v) is 9.35. The van der Waals surface area contributed by atoms with Crippen LogP contribution in [0.5, 0.6) is 0 Å². The molecule has 1 aromatic carbocycles. The van der Waals surface area contributed by atoms with Gasteiger partial charge >= 0.3 is 6.18 Å². The molecule has 0 saturated carbocycles. The lowest BCUT2D eigenvalue weighted by Crippen LogP contribution is -2.54. The molecule has 0 spiro atoms. The highest BCUT2D eigenvalue weighted by Crippen LogP contribution is 2.25. The third-order valence-corrected chi connectivity index (χ3v) is 5.57. The van der Waals surface area contributed by atoms with Gasteiger partial charge in [0.25, 0.3) is 5.91 Å². The molecule has 1 aliphatic heterocycles. The summed E-state index contributed by atoms with van der Waals surface area (Å²) in [5, 5.41) is 9.13. The summed E-state index contributed by atoms with van der Waals surface area (Å²) in [5.41, 5.74) is -0.465. The number of benzene rings is 1. The topological polar surface area (TPSA) is 85.2 Å². The summed E-state index contributed by atoms with van der Waals surface area (Å²) in [4.78, 5) is 25.6. The Morgan fingerprint density at radius 2 is 1.88 bits per heavy atom. The number of amides is 2. The molecule has 11 heteroatoms. The molecule has 1 aromatic heterocycles. The Balaban J connectivity index is 1.87. The van der Waals surface area contributed by atoms with Crippen molar-refractivity contribution in [2.45, 2.75) is 52.4 Å². The van der Waals surface area contributed by atoms with E-state index in [4.69, 9.17) is 4.74 Å². The zero-order valence-corrected chi connectivity index (χ0v) is 18.8. The molecule has 1 fully saturated rings. The molecule has 2 aromatic rings.